The summed E-state index contributed by atoms with van der Waals surface area (Å²) in [6, 6.07) is 16.9. The van der Waals surface area contributed by atoms with Crippen LogP contribution in [0.25, 0.3) is 10.3 Å². The van der Waals surface area contributed by atoms with E-state index >= 15 is 0 Å². The Hall–Kier alpha value is -2.90. The third kappa shape index (κ3) is 5.54. The van der Waals surface area contributed by atoms with Crippen LogP contribution in [0.1, 0.15) is 60.3 Å². The molecule has 1 aliphatic carbocycles. The molecule has 3 aromatic heterocycles. The van der Waals surface area contributed by atoms with E-state index in [9.17, 15) is 5.11 Å². The standard InChI is InChI=1S/C26H29N5OS/c1-2-18-10-13-23-25(27-18)33-24(31-23)16-21-15-20(14-17-6-4-3-5-7-17)29-26(30-21)28-19-8-11-22(32)12-9-19/h3-7,10,13,15,19,22,32H,2,8-9,11-12,14,16H2,1H3,(H,28,29,30). The number of thiazole rings is 1. The van der Waals surface area contributed by atoms with Gasteiger partial charge in [-0.2, -0.15) is 0 Å². The van der Waals surface area contributed by atoms with E-state index in [1.165, 1.54) is 5.56 Å². The van der Waals surface area contributed by atoms with Gasteiger partial charge in [0.15, 0.2) is 0 Å². The summed E-state index contributed by atoms with van der Waals surface area (Å²) in [5, 5.41) is 14.4. The van der Waals surface area contributed by atoms with Crippen LogP contribution in [0.15, 0.2) is 48.5 Å². The Balaban J connectivity index is 1.41. The van der Waals surface area contributed by atoms with Gasteiger partial charge in [0.1, 0.15) is 15.4 Å². The number of hydrogen-bond acceptors (Lipinski definition) is 7. The van der Waals surface area contributed by atoms with Crippen LogP contribution >= 0.6 is 11.3 Å². The number of hydrogen-bond donors (Lipinski definition) is 2. The number of aryl methyl sites for hydroxylation is 1. The monoisotopic (exact) mass is 459 g/mol. The fourth-order valence-electron chi connectivity index (χ4n) is 4.34. The summed E-state index contributed by atoms with van der Waals surface area (Å²) in [4.78, 5) is 20.2. The molecule has 6 nitrogen and oxygen atoms in total. The zero-order valence-corrected chi connectivity index (χ0v) is 19.7. The Morgan fingerprint density at radius 3 is 2.39 bits per heavy atom. The van der Waals surface area contributed by atoms with Gasteiger partial charge < -0.3 is 10.4 Å². The molecule has 5 rings (SSSR count). The van der Waals surface area contributed by atoms with E-state index in [1.807, 2.05) is 6.07 Å². The largest absolute Gasteiger partial charge is 0.393 e. The van der Waals surface area contributed by atoms with Gasteiger partial charge in [-0.1, -0.05) is 48.6 Å². The van der Waals surface area contributed by atoms with Crippen molar-refractivity contribution in [2.45, 2.75) is 64.0 Å². The second kappa shape index (κ2) is 9.93. The molecule has 0 radical (unpaired) electrons. The van der Waals surface area contributed by atoms with Crippen molar-refractivity contribution in [3.8, 4) is 0 Å². The molecule has 4 aromatic rings. The summed E-state index contributed by atoms with van der Waals surface area (Å²) < 4.78 is 0. The molecule has 1 aliphatic rings. The average molecular weight is 460 g/mol. The van der Waals surface area contributed by atoms with Crippen molar-refractivity contribution in [3.63, 3.8) is 0 Å². The van der Waals surface area contributed by atoms with Crippen molar-refractivity contribution in [1.82, 2.24) is 19.9 Å². The first-order valence-electron chi connectivity index (χ1n) is 11.8. The summed E-state index contributed by atoms with van der Waals surface area (Å²) in [5.41, 5.74) is 5.23. The van der Waals surface area contributed by atoms with Crippen molar-refractivity contribution in [2.75, 3.05) is 5.32 Å². The van der Waals surface area contributed by atoms with Gasteiger partial charge >= 0.3 is 0 Å². The molecule has 0 saturated heterocycles. The Morgan fingerprint density at radius 2 is 1.64 bits per heavy atom. The number of fused-ring (bicyclic) bond motifs is 1. The second-order valence-corrected chi connectivity index (χ2v) is 9.81. The van der Waals surface area contributed by atoms with Gasteiger partial charge in [0, 0.05) is 24.6 Å². The molecule has 0 bridgehead atoms. The summed E-state index contributed by atoms with van der Waals surface area (Å²) in [5.74, 6) is 0.673. The number of nitrogens with one attached hydrogen (secondary N) is 1. The minimum Gasteiger partial charge on any atom is -0.393 e. The van der Waals surface area contributed by atoms with Gasteiger partial charge in [-0.05, 0) is 55.9 Å². The first-order chi connectivity index (χ1) is 16.1. The third-order valence-electron chi connectivity index (χ3n) is 6.14. The third-order valence-corrected chi connectivity index (χ3v) is 7.11. The maximum absolute atomic E-state index is 9.83. The topological polar surface area (TPSA) is 83.8 Å². The quantitative estimate of drug-likeness (QED) is 0.407. The van der Waals surface area contributed by atoms with Crippen LogP contribution in [-0.4, -0.2) is 37.2 Å². The van der Waals surface area contributed by atoms with Gasteiger partial charge in [0.25, 0.3) is 0 Å². The van der Waals surface area contributed by atoms with Gasteiger partial charge in [-0.3, -0.25) is 0 Å². The lowest BCUT2D eigenvalue weighted by Gasteiger charge is -2.26. The summed E-state index contributed by atoms with van der Waals surface area (Å²) >= 11 is 1.64. The Labute approximate surface area is 198 Å². The van der Waals surface area contributed by atoms with Crippen LogP contribution in [0.3, 0.4) is 0 Å². The number of anilines is 1. The molecule has 33 heavy (non-hydrogen) atoms. The molecule has 1 saturated carbocycles. The minimum atomic E-state index is -0.176. The van der Waals surface area contributed by atoms with Gasteiger partial charge in [-0.15, -0.1) is 0 Å². The summed E-state index contributed by atoms with van der Waals surface area (Å²) in [6.07, 6.45) is 5.69. The highest BCUT2D eigenvalue weighted by atomic mass is 32.1. The van der Waals surface area contributed by atoms with Gasteiger partial charge in [0.05, 0.1) is 17.5 Å². The average Bonchev–Trinajstić information content (AvgIpc) is 3.22. The fourth-order valence-corrected chi connectivity index (χ4v) is 5.30. The Kier molecular flexibility index (Phi) is 6.60. The zero-order valence-electron chi connectivity index (χ0n) is 18.9. The molecule has 0 amide bonds. The van der Waals surface area contributed by atoms with E-state index in [0.717, 1.165) is 71.0 Å². The van der Waals surface area contributed by atoms with Crippen molar-refractivity contribution in [3.05, 3.63) is 76.2 Å². The predicted octanol–water partition coefficient (Wildman–Crippen LogP) is 4.94. The molecule has 1 fully saturated rings. The SMILES string of the molecule is CCc1ccc2nc(Cc3cc(Cc4ccccc4)nc(NC4CCC(O)CC4)n3)sc2n1. The van der Waals surface area contributed by atoms with E-state index in [4.69, 9.17) is 19.9 Å². The predicted molar refractivity (Wildman–Crippen MR) is 133 cm³/mol. The Bertz CT molecular complexity index is 1220. The highest BCUT2D eigenvalue weighted by Crippen LogP contribution is 2.25. The smallest absolute Gasteiger partial charge is 0.223 e. The number of pyridine rings is 1. The van der Waals surface area contributed by atoms with Crippen LogP contribution in [0, 0.1) is 0 Å². The lowest BCUT2D eigenvalue weighted by Crippen LogP contribution is -2.29. The lowest BCUT2D eigenvalue weighted by atomic mass is 9.93. The number of nitrogens with zero attached hydrogens (tertiary/aromatic N) is 4. The number of aliphatic hydroxyl groups excluding tert-OH is 1. The molecule has 0 spiro atoms. The molecule has 2 N–H and O–H groups in total. The van der Waals surface area contributed by atoms with Crippen molar-refractivity contribution in [2.24, 2.45) is 0 Å². The summed E-state index contributed by atoms with van der Waals surface area (Å²) in [7, 11) is 0. The molecule has 3 heterocycles. The van der Waals surface area contributed by atoms with Crippen LogP contribution < -0.4 is 5.32 Å². The fraction of sp³-hybridized carbons (Fsp3) is 0.385. The van der Waals surface area contributed by atoms with E-state index in [1.54, 1.807) is 11.3 Å². The molecule has 0 atom stereocenters. The van der Waals surface area contributed by atoms with Crippen molar-refractivity contribution < 1.29 is 5.11 Å². The van der Waals surface area contributed by atoms with E-state index < -0.39 is 0 Å². The maximum atomic E-state index is 9.83. The summed E-state index contributed by atoms with van der Waals surface area (Å²) in [6.45, 7) is 2.12. The van der Waals surface area contributed by atoms with Crippen LogP contribution in [0.5, 0.6) is 0 Å². The second-order valence-electron chi connectivity index (χ2n) is 8.75. The van der Waals surface area contributed by atoms with Gasteiger partial charge in [0.2, 0.25) is 5.95 Å². The molecule has 0 aliphatic heterocycles. The van der Waals surface area contributed by atoms with Crippen molar-refractivity contribution in [1.29, 1.82) is 0 Å². The van der Waals surface area contributed by atoms with E-state index in [2.05, 4.69) is 54.7 Å². The highest BCUT2D eigenvalue weighted by molar-refractivity contribution is 7.18. The number of benzene rings is 1. The first-order valence-corrected chi connectivity index (χ1v) is 12.6. The first kappa shape index (κ1) is 21.9. The number of aliphatic hydroxyl groups is 1. The molecule has 0 unspecified atom stereocenters. The minimum absolute atomic E-state index is 0.176. The molecule has 170 valence electrons. The molecular formula is C26H29N5OS. The van der Waals surface area contributed by atoms with Gasteiger partial charge in [-0.25, -0.2) is 19.9 Å². The maximum Gasteiger partial charge on any atom is 0.223 e. The normalized spacial score (nSPS) is 18.5. The van der Waals surface area contributed by atoms with Crippen molar-refractivity contribution >= 4 is 27.6 Å². The zero-order chi connectivity index (χ0) is 22.6. The number of rotatable bonds is 7. The van der Waals surface area contributed by atoms with E-state index in [0.29, 0.717) is 18.4 Å². The van der Waals surface area contributed by atoms with Crippen LogP contribution in [-0.2, 0) is 19.3 Å². The van der Waals surface area contributed by atoms with E-state index in [-0.39, 0.29) is 6.10 Å². The number of aromatic nitrogens is 4. The highest BCUT2D eigenvalue weighted by Gasteiger charge is 2.20. The molecular weight excluding hydrogens is 430 g/mol. The molecule has 7 heteroatoms. The van der Waals surface area contributed by atoms with Crippen LogP contribution in [0.2, 0.25) is 0 Å². The Morgan fingerprint density at radius 1 is 0.879 bits per heavy atom. The lowest BCUT2D eigenvalue weighted by molar-refractivity contribution is 0.126. The molecule has 1 aromatic carbocycles. The van der Waals surface area contributed by atoms with Crippen LogP contribution in [0.4, 0.5) is 5.95 Å².